The van der Waals surface area contributed by atoms with E-state index in [-0.39, 0.29) is 5.91 Å². The second-order valence-corrected chi connectivity index (χ2v) is 5.34. The minimum absolute atomic E-state index is 0.218. The number of halogens is 1. The van der Waals surface area contributed by atoms with Crippen LogP contribution in [0.2, 0.25) is 5.02 Å². The van der Waals surface area contributed by atoms with Gasteiger partial charge < -0.3 is 14.8 Å². The summed E-state index contributed by atoms with van der Waals surface area (Å²) in [6, 6.07) is 12.5. The number of amides is 1. The Bertz CT molecular complexity index is 711. The Hall–Kier alpha value is -2.46. The number of nitrogens with one attached hydrogen (secondary N) is 1. The molecule has 0 atom stereocenters. The van der Waals surface area contributed by atoms with Crippen molar-refractivity contribution in [2.24, 2.45) is 0 Å². The Morgan fingerprint density at radius 1 is 1.04 bits per heavy atom. The maximum absolute atomic E-state index is 12.0. The van der Waals surface area contributed by atoms with Gasteiger partial charge in [-0.3, -0.25) is 4.79 Å². The molecule has 0 radical (unpaired) electrons. The number of rotatable bonds is 7. The fourth-order valence-corrected chi connectivity index (χ4v) is 2.19. The van der Waals surface area contributed by atoms with E-state index in [1.165, 1.54) is 6.08 Å². The number of hydrogen-bond donors (Lipinski definition) is 1. The first kappa shape index (κ1) is 17.9. The monoisotopic (exact) mass is 345 g/mol. The zero-order valence-corrected chi connectivity index (χ0v) is 14.5. The summed E-state index contributed by atoms with van der Waals surface area (Å²) in [5.74, 6) is 1.14. The smallest absolute Gasteiger partial charge is 0.248 e. The summed E-state index contributed by atoms with van der Waals surface area (Å²) in [6.45, 7) is 4.95. The Balaban J connectivity index is 2.05. The van der Waals surface area contributed by atoms with Gasteiger partial charge in [0.15, 0.2) is 11.5 Å². The molecule has 1 amide bonds. The molecule has 0 unspecified atom stereocenters. The fourth-order valence-electron chi connectivity index (χ4n) is 2.06. The molecule has 0 heterocycles. The molecule has 0 bridgehead atoms. The van der Waals surface area contributed by atoms with E-state index in [1.54, 1.807) is 30.3 Å². The van der Waals surface area contributed by atoms with E-state index >= 15 is 0 Å². The van der Waals surface area contributed by atoms with Crippen LogP contribution in [0.25, 0.3) is 6.08 Å². The summed E-state index contributed by atoms with van der Waals surface area (Å²) in [7, 11) is 0. The average molecular weight is 346 g/mol. The van der Waals surface area contributed by atoms with Gasteiger partial charge in [-0.25, -0.2) is 0 Å². The highest BCUT2D eigenvalue weighted by Gasteiger charge is 2.05. The molecule has 24 heavy (non-hydrogen) atoms. The number of anilines is 1. The van der Waals surface area contributed by atoms with Crippen molar-refractivity contribution in [2.75, 3.05) is 18.5 Å². The van der Waals surface area contributed by atoms with Crippen LogP contribution in [0.1, 0.15) is 19.4 Å². The predicted molar refractivity (Wildman–Crippen MR) is 97.9 cm³/mol. The standard InChI is InChI=1S/C19H20ClNO3/c1-3-23-17-11-5-14(13-18(17)24-4-2)6-12-19(22)21-16-9-7-15(20)8-10-16/h5-13H,3-4H2,1-2H3,(H,21,22). The van der Waals surface area contributed by atoms with Crippen molar-refractivity contribution < 1.29 is 14.3 Å². The summed E-state index contributed by atoms with van der Waals surface area (Å²) in [4.78, 5) is 12.0. The lowest BCUT2D eigenvalue weighted by atomic mass is 10.2. The normalized spacial score (nSPS) is 10.6. The molecule has 0 saturated heterocycles. The van der Waals surface area contributed by atoms with Crippen molar-refractivity contribution in [1.82, 2.24) is 0 Å². The second-order valence-electron chi connectivity index (χ2n) is 4.90. The van der Waals surface area contributed by atoms with Gasteiger partial charge in [0.1, 0.15) is 0 Å². The van der Waals surface area contributed by atoms with Crippen molar-refractivity contribution in [3.05, 3.63) is 59.1 Å². The van der Waals surface area contributed by atoms with E-state index in [2.05, 4.69) is 5.32 Å². The molecule has 0 aromatic heterocycles. The van der Waals surface area contributed by atoms with Gasteiger partial charge in [-0.2, -0.15) is 0 Å². The van der Waals surface area contributed by atoms with Gasteiger partial charge in [0.25, 0.3) is 0 Å². The zero-order valence-electron chi connectivity index (χ0n) is 13.7. The molecule has 0 spiro atoms. The summed E-state index contributed by atoms with van der Waals surface area (Å²) >= 11 is 5.82. The third kappa shape index (κ3) is 5.32. The van der Waals surface area contributed by atoms with Crippen LogP contribution in [0.4, 0.5) is 5.69 Å². The van der Waals surface area contributed by atoms with Crippen LogP contribution >= 0.6 is 11.6 Å². The Morgan fingerprint density at radius 3 is 2.38 bits per heavy atom. The van der Waals surface area contributed by atoms with Gasteiger partial charge in [0.2, 0.25) is 5.91 Å². The molecule has 0 aliphatic heterocycles. The fraction of sp³-hybridized carbons (Fsp3) is 0.211. The first-order chi connectivity index (χ1) is 11.6. The molecule has 0 fully saturated rings. The van der Waals surface area contributed by atoms with Gasteiger partial charge in [-0.1, -0.05) is 17.7 Å². The lowest BCUT2D eigenvalue weighted by molar-refractivity contribution is -0.111. The van der Waals surface area contributed by atoms with Crippen molar-refractivity contribution in [3.63, 3.8) is 0 Å². The number of ether oxygens (including phenoxy) is 2. The average Bonchev–Trinajstić information content (AvgIpc) is 2.57. The topological polar surface area (TPSA) is 47.6 Å². The summed E-state index contributed by atoms with van der Waals surface area (Å²) < 4.78 is 11.1. The minimum atomic E-state index is -0.218. The van der Waals surface area contributed by atoms with E-state index in [0.29, 0.717) is 35.4 Å². The highest BCUT2D eigenvalue weighted by molar-refractivity contribution is 6.30. The Labute approximate surface area is 147 Å². The van der Waals surface area contributed by atoms with E-state index in [9.17, 15) is 4.79 Å². The van der Waals surface area contributed by atoms with Crippen LogP contribution in [0.5, 0.6) is 11.5 Å². The molecule has 2 aromatic rings. The van der Waals surface area contributed by atoms with Gasteiger partial charge in [-0.05, 0) is 61.9 Å². The SMILES string of the molecule is CCOc1ccc(C=CC(=O)Nc2ccc(Cl)cc2)cc1OCC. The lowest BCUT2D eigenvalue weighted by Crippen LogP contribution is -2.07. The first-order valence-corrected chi connectivity index (χ1v) is 8.14. The van der Waals surface area contributed by atoms with Crippen LogP contribution in [0.3, 0.4) is 0 Å². The summed E-state index contributed by atoms with van der Waals surface area (Å²) in [6.07, 6.45) is 3.20. The third-order valence-corrected chi connectivity index (χ3v) is 3.36. The van der Waals surface area contributed by atoms with Gasteiger partial charge in [0, 0.05) is 16.8 Å². The highest BCUT2D eigenvalue weighted by atomic mass is 35.5. The number of hydrogen-bond acceptors (Lipinski definition) is 3. The molecule has 2 rings (SSSR count). The van der Waals surface area contributed by atoms with Crippen LogP contribution in [0, 0.1) is 0 Å². The summed E-state index contributed by atoms with van der Waals surface area (Å²) in [5.41, 5.74) is 1.55. The van der Waals surface area contributed by atoms with Gasteiger partial charge in [0.05, 0.1) is 13.2 Å². The van der Waals surface area contributed by atoms with Crippen LogP contribution < -0.4 is 14.8 Å². The molecule has 0 aliphatic rings. The van der Waals surface area contributed by atoms with Crippen molar-refractivity contribution >= 4 is 29.3 Å². The van der Waals surface area contributed by atoms with E-state index in [4.69, 9.17) is 21.1 Å². The van der Waals surface area contributed by atoms with Crippen molar-refractivity contribution in [1.29, 1.82) is 0 Å². The molecule has 0 aliphatic carbocycles. The van der Waals surface area contributed by atoms with Crippen LogP contribution in [-0.4, -0.2) is 19.1 Å². The van der Waals surface area contributed by atoms with Gasteiger partial charge in [-0.15, -0.1) is 0 Å². The van der Waals surface area contributed by atoms with E-state index < -0.39 is 0 Å². The maximum atomic E-state index is 12.0. The minimum Gasteiger partial charge on any atom is -0.490 e. The Kier molecular flexibility index (Phi) is 6.70. The second kappa shape index (κ2) is 8.99. The molecule has 126 valence electrons. The molecular weight excluding hydrogens is 326 g/mol. The van der Waals surface area contributed by atoms with Gasteiger partial charge >= 0.3 is 0 Å². The maximum Gasteiger partial charge on any atom is 0.248 e. The molecular formula is C19H20ClNO3. The number of benzene rings is 2. The van der Waals surface area contributed by atoms with Crippen molar-refractivity contribution in [2.45, 2.75) is 13.8 Å². The number of carbonyl (C=O) groups is 1. The Morgan fingerprint density at radius 2 is 1.71 bits per heavy atom. The first-order valence-electron chi connectivity index (χ1n) is 7.76. The van der Waals surface area contributed by atoms with Crippen LogP contribution in [-0.2, 0) is 4.79 Å². The number of carbonyl (C=O) groups excluding carboxylic acids is 1. The van der Waals surface area contributed by atoms with Crippen LogP contribution in [0.15, 0.2) is 48.5 Å². The highest BCUT2D eigenvalue weighted by Crippen LogP contribution is 2.29. The quantitative estimate of drug-likeness (QED) is 0.734. The largest absolute Gasteiger partial charge is 0.490 e. The van der Waals surface area contributed by atoms with Crippen molar-refractivity contribution in [3.8, 4) is 11.5 Å². The molecule has 0 saturated carbocycles. The predicted octanol–water partition coefficient (Wildman–Crippen LogP) is 4.79. The van der Waals surface area contributed by atoms with E-state index in [1.807, 2.05) is 32.0 Å². The molecule has 4 nitrogen and oxygen atoms in total. The third-order valence-electron chi connectivity index (χ3n) is 3.11. The molecule has 1 N–H and O–H groups in total. The summed E-state index contributed by atoms with van der Waals surface area (Å²) in [5, 5.41) is 3.40. The van der Waals surface area contributed by atoms with E-state index in [0.717, 1.165) is 5.56 Å². The zero-order chi connectivity index (χ0) is 17.4. The molecule has 2 aromatic carbocycles. The molecule has 5 heteroatoms. The lowest BCUT2D eigenvalue weighted by Gasteiger charge is -2.11.